The summed E-state index contributed by atoms with van der Waals surface area (Å²) in [6.45, 7) is 1.56. The largest absolute Gasteiger partial charge is 0.471 e. The minimum Gasteiger partial charge on any atom is -0.471 e. The van der Waals surface area contributed by atoms with Gasteiger partial charge in [-0.3, -0.25) is 0 Å². The van der Waals surface area contributed by atoms with Gasteiger partial charge in [-0.25, -0.2) is 4.98 Å². The zero-order chi connectivity index (χ0) is 19.3. The summed E-state index contributed by atoms with van der Waals surface area (Å²) in [6.07, 6.45) is 1.73. The second-order valence-corrected chi connectivity index (χ2v) is 6.46. The van der Waals surface area contributed by atoms with Crippen LogP contribution in [-0.2, 0) is 24.5 Å². The van der Waals surface area contributed by atoms with Crippen LogP contribution in [-0.4, -0.2) is 26.6 Å². The number of anilines is 1. The number of nitrogens with two attached hydrogens (primary N) is 1. The summed E-state index contributed by atoms with van der Waals surface area (Å²) < 4.78 is 13.1. The fourth-order valence-electron chi connectivity index (χ4n) is 3.06. The zero-order valence-electron chi connectivity index (χ0n) is 15.6. The van der Waals surface area contributed by atoms with Crippen molar-refractivity contribution in [2.75, 3.05) is 12.8 Å². The van der Waals surface area contributed by atoms with Crippen LogP contribution in [0.25, 0.3) is 11.2 Å². The van der Waals surface area contributed by atoms with E-state index in [2.05, 4.69) is 27.1 Å². The molecule has 0 atom stereocenters. The summed E-state index contributed by atoms with van der Waals surface area (Å²) in [5.74, 6) is 0.539. The molecule has 0 spiro atoms. The molecule has 0 unspecified atom stereocenters. The Bertz CT molecular complexity index is 1080. The average molecular weight is 375 g/mol. The van der Waals surface area contributed by atoms with Gasteiger partial charge in [-0.05, 0) is 16.7 Å². The first kappa shape index (κ1) is 17.9. The summed E-state index contributed by atoms with van der Waals surface area (Å²) >= 11 is 0. The van der Waals surface area contributed by atoms with Gasteiger partial charge in [0.25, 0.3) is 0 Å². The molecule has 7 nitrogen and oxygen atoms in total. The molecule has 0 radical (unpaired) electrons. The van der Waals surface area contributed by atoms with E-state index in [9.17, 15) is 0 Å². The number of nitrogens with zero attached hydrogens (tertiary/aromatic N) is 4. The molecule has 7 heteroatoms. The van der Waals surface area contributed by atoms with E-state index in [0.29, 0.717) is 36.8 Å². The summed E-state index contributed by atoms with van der Waals surface area (Å²) in [5.41, 5.74) is 10.4. The van der Waals surface area contributed by atoms with Crippen LogP contribution in [0.5, 0.6) is 5.88 Å². The van der Waals surface area contributed by atoms with Crippen molar-refractivity contribution in [1.29, 1.82) is 0 Å². The topological polar surface area (TPSA) is 88.1 Å². The van der Waals surface area contributed by atoms with Crippen LogP contribution in [0, 0.1) is 0 Å². The van der Waals surface area contributed by atoms with Gasteiger partial charge in [-0.15, -0.1) is 0 Å². The Morgan fingerprint density at radius 3 is 2.46 bits per heavy atom. The van der Waals surface area contributed by atoms with Gasteiger partial charge < -0.3 is 19.8 Å². The third-order valence-electron chi connectivity index (χ3n) is 4.32. The van der Waals surface area contributed by atoms with Crippen LogP contribution in [0.2, 0.25) is 0 Å². The molecule has 0 aliphatic heterocycles. The monoisotopic (exact) mass is 375 g/mol. The highest BCUT2D eigenvalue weighted by molar-refractivity contribution is 5.77. The number of hydrogen-bond acceptors (Lipinski definition) is 6. The van der Waals surface area contributed by atoms with Crippen LogP contribution in [0.1, 0.15) is 16.7 Å². The van der Waals surface area contributed by atoms with E-state index < -0.39 is 0 Å². The van der Waals surface area contributed by atoms with Crippen molar-refractivity contribution in [1.82, 2.24) is 19.5 Å². The molecule has 0 saturated heterocycles. The first-order valence-electron chi connectivity index (χ1n) is 8.95. The summed E-state index contributed by atoms with van der Waals surface area (Å²) in [6, 6.07) is 18.1. The number of aromatic nitrogens is 4. The fraction of sp³-hybridized carbons (Fsp3) is 0.190. The molecule has 142 valence electrons. The van der Waals surface area contributed by atoms with Crippen molar-refractivity contribution in [2.45, 2.75) is 19.8 Å². The van der Waals surface area contributed by atoms with Crippen LogP contribution in [0.3, 0.4) is 0 Å². The van der Waals surface area contributed by atoms with Crippen molar-refractivity contribution >= 4 is 17.1 Å². The molecule has 0 aliphatic carbocycles. The normalized spacial score (nSPS) is 11.0. The first-order chi connectivity index (χ1) is 13.7. The summed E-state index contributed by atoms with van der Waals surface area (Å²) in [4.78, 5) is 13.0. The molecule has 2 aromatic carbocycles. The molecular weight excluding hydrogens is 354 g/mol. The lowest BCUT2D eigenvalue weighted by Crippen LogP contribution is -2.05. The highest BCUT2D eigenvalue weighted by Crippen LogP contribution is 2.23. The van der Waals surface area contributed by atoms with E-state index in [1.807, 2.05) is 47.0 Å². The molecule has 0 amide bonds. The fourth-order valence-corrected chi connectivity index (χ4v) is 3.06. The van der Waals surface area contributed by atoms with Gasteiger partial charge in [0, 0.05) is 7.11 Å². The van der Waals surface area contributed by atoms with Crippen molar-refractivity contribution in [3.8, 4) is 5.88 Å². The van der Waals surface area contributed by atoms with Crippen LogP contribution in [0.15, 0.2) is 60.9 Å². The second kappa shape index (κ2) is 8.06. The molecule has 0 saturated carbocycles. The van der Waals surface area contributed by atoms with Crippen molar-refractivity contribution in [2.24, 2.45) is 0 Å². The van der Waals surface area contributed by atoms with Crippen molar-refractivity contribution in [3.05, 3.63) is 77.6 Å². The molecule has 2 heterocycles. The van der Waals surface area contributed by atoms with Crippen LogP contribution >= 0.6 is 0 Å². The Balaban J connectivity index is 1.58. The Labute approximate surface area is 162 Å². The maximum Gasteiger partial charge on any atom is 0.247 e. The van der Waals surface area contributed by atoms with Crippen LogP contribution < -0.4 is 10.5 Å². The Morgan fingerprint density at radius 2 is 1.68 bits per heavy atom. The summed E-state index contributed by atoms with van der Waals surface area (Å²) in [5, 5.41) is 0. The standard InChI is InChI=1S/C21H21N5O2/c1-27-12-16-8-5-9-17(10-16)13-28-20-18-19(24-21(22)25-20)26(14-23-18)11-15-6-3-2-4-7-15/h2-10,14H,11-13H2,1H3,(H2,22,24,25). The second-order valence-electron chi connectivity index (χ2n) is 6.46. The lowest BCUT2D eigenvalue weighted by Gasteiger charge is -2.09. The molecule has 28 heavy (non-hydrogen) atoms. The average Bonchev–Trinajstić information content (AvgIpc) is 3.10. The van der Waals surface area contributed by atoms with Gasteiger partial charge in [0.15, 0.2) is 11.2 Å². The molecule has 0 bridgehead atoms. The van der Waals surface area contributed by atoms with E-state index >= 15 is 0 Å². The van der Waals surface area contributed by atoms with E-state index in [-0.39, 0.29) is 5.95 Å². The highest BCUT2D eigenvalue weighted by Gasteiger charge is 2.14. The molecule has 2 aromatic heterocycles. The maximum atomic E-state index is 5.94. The van der Waals surface area contributed by atoms with E-state index in [0.717, 1.165) is 16.7 Å². The number of hydrogen-bond donors (Lipinski definition) is 1. The smallest absolute Gasteiger partial charge is 0.247 e. The SMILES string of the molecule is COCc1cccc(COc2nc(N)nc3c2ncn3Cc2ccccc2)c1. The molecule has 0 aliphatic rings. The first-order valence-corrected chi connectivity index (χ1v) is 8.95. The van der Waals surface area contributed by atoms with E-state index in [4.69, 9.17) is 15.2 Å². The highest BCUT2D eigenvalue weighted by atomic mass is 16.5. The van der Waals surface area contributed by atoms with Gasteiger partial charge in [0.1, 0.15) is 6.61 Å². The predicted molar refractivity (Wildman–Crippen MR) is 107 cm³/mol. The Morgan fingerprint density at radius 1 is 0.929 bits per heavy atom. The number of imidazole rings is 1. The van der Waals surface area contributed by atoms with Gasteiger partial charge in [0.2, 0.25) is 11.8 Å². The van der Waals surface area contributed by atoms with Gasteiger partial charge >= 0.3 is 0 Å². The minimum atomic E-state index is 0.158. The third-order valence-corrected chi connectivity index (χ3v) is 4.32. The quantitative estimate of drug-likeness (QED) is 0.534. The number of rotatable bonds is 7. The van der Waals surface area contributed by atoms with Crippen molar-refractivity contribution < 1.29 is 9.47 Å². The Kier molecular flexibility index (Phi) is 5.16. The lowest BCUT2D eigenvalue weighted by molar-refractivity contribution is 0.184. The number of nitrogen functional groups attached to an aromatic ring is 1. The molecule has 2 N–H and O–H groups in total. The zero-order valence-corrected chi connectivity index (χ0v) is 15.6. The van der Waals surface area contributed by atoms with E-state index in [1.165, 1.54) is 0 Å². The van der Waals surface area contributed by atoms with Crippen molar-refractivity contribution in [3.63, 3.8) is 0 Å². The molecule has 4 rings (SSSR count). The predicted octanol–water partition coefficient (Wildman–Crippen LogP) is 3.18. The van der Waals surface area contributed by atoms with Crippen LogP contribution in [0.4, 0.5) is 5.95 Å². The third kappa shape index (κ3) is 3.94. The minimum absolute atomic E-state index is 0.158. The lowest BCUT2D eigenvalue weighted by atomic mass is 10.1. The molecular formula is C21H21N5O2. The number of methoxy groups -OCH3 is 1. The van der Waals surface area contributed by atoms with Gasteiger partial charge in [0.05, 0.1) is 19.5 Å². The number of ether oxygens (including phenoxy) is 2. The number of fused-ring (bicyclic) bond motifs is 1. The van der Waals surface area contributed by atoms with Gasteiger partial charge in [-0.1, -0.05) is 54.6 Å². The maximum absolute atomic E-state index is 5.94. The van der Waals surface area contributed by atoms with Gasteiger partial charge in [-0.2, -0.15) is 9.97 Å². The Hall–Kier alpha value is -3.45. The van der Waals surface area contributed by atoms with E-state index in [1.54, 1.807) is 13.4 Å². The summed E-state index contributed by atoms with van der Waals surface area (Å²) in [7, 11) is 1.68. The molecule has 4 aromatic rings. The molecule has 0 fully saturated rings. The number of benzene rings is 2.